The van der Waals surface area contributed by atoms with Gasteiger partial charge in [0.15, 0.2) is 0 Å². The molecule has 0 unspecified atom stereocenters. The Kier molecular flexibility index (Phi) is 2.53. The standard InChI is InChI=1S/C9H11BN2/c1-6-3-8(10)4-7(5-12-2)9(6)11/h3-5H,11H2,1-2H3. The van der Waals surface area contributed by atoms with E-state index in [0.29, 0.717) is 0 Å². The average molecular weight is 158 g/mol. The maximum Gasteiger partial charge on any atom is 0.113 e. The van der Waals surface area contributed by atoms with Crippen LogP contribution >= 0.6 is 0 Å². The van der Waals surface area contributed by atoms with Crippen molar-refractivity contribution in [3.05, 3.63) is 23.3 Å². The van der Waals surface area contributed by atoms with Gasteiger partial charge >= 0.3 is 0 Å². The summed E-state index contributed by atoms with van der Waals surface area (Å²) in [7, 11) is 7.35. The molecule has 0 fully saturated rings. The Labute approximate surface area is 73.9 Å². The summed E-state index contributed by atoms with van der Waals surface area (Å²) >= 11 is 0. The van der Waals surface area contributed by atoms with Gasteiger partial charge in [0, 0.05) is 24.5 Å². The predicted octanol–water partition coefficient (Wildman–Crippen LogP) is 0.420. The minimum atomic E-state index is 0.719. The molecule has 0 heterocycles. The number of hydrogen-bond donors (Lipinski definition) is 1. The van der Waals surface area contributed by atoms with Crippen molar-refractivity contribution in [1.29, 1.82) is 0 Å². The van der Waals surface area contributed by atoms with Gasteiger partial charge in [0.1, 0.15) is 7.85 Å². The summed E-state index contributed by atoms with van der Waals surface area (Å²) in [5, 5.41) is 0. The molecule has 1 rings (SSSR count). The lowest BCUT2D eigenvalue weighted by atomic mass is 9.91. The molecular weight excluding hydrogens is 147 g/mol. The van der Waals surface area contributed by atoms with Crippen molar-refractivity contribution >= 4 is 25.2 Å². The van der Waals surface area contributed by atoms with E-state index < -0.39 is 0 Å². The first-order chi connectivity index (χ1) is 5.65. The Morgan fingerprint density at radius 2 is 2.17 bits per heavy atom. The van der Waals surface area contributed by atoms with Crippen molar-refractivity contribution in [3.63, 3.8) is 0 Å². The van der Waals surface area contributed by atoms with Crippen LogP contribution in [-0.4, -0.2) is 21.1 Å². The van der Waals surface area contributed by atoms with Crippen LogP contribution in [0.5, 0.6) is 0 Å². The Morgan fingerprint density at radius 1 is 1.50 bits per heavy atom. The fourth-order valence-corrected chi connectivity index (χ4v) is 1.10. The highest BCUT2D eigenvalue weighted by atomic mass is 14.6. The summed E-state index contributed by atoms with van der Waals surface area (Å²) in [6, 6.07) is 3.66. The molecule has 0 atom stereocenters. The zero-order valence-electron chi connectivity index (χ0n) is 7.33. The van der Waals surface area contributed by atoms with E-state index >= 15 is 0 Å². The van der Waals surface area contributed by atoms with Gasteiger partial charge in [0.05, 0.1) is 0 Å². The summed E-state index contributed by atoms with van der Waals surface area (Å²) in [5.74, 6) is 0. The van der Waals surface area contributed by atoms with E-state index in [2.05, 4.69) is 4.99 Å². The van der Waals surface area contributed by atoms with Gasteiger partial charge in [-0.3, -0.25) is 4.99 Å². The fraction of sp³-hybridized carbons (Fsp3) is 0.222. The van der Waals surface area contributed by atoms with Crippen molar-refractivity contribution in [2.24, 2.45) is 4.99 Å². The lowest BCUT2D eigenvalue weighted by Crippen LogP contribution is -2.08. The first-order valence-electron chi connectivity index (χ1n) is 3.73. The summed E-state index contributed by atoms with van der Waals surface area (Å²) in [4.78, 5) is 3.89. The van der Waals surface area contributed by atoms with Gasteiger partial charge in [-0.15, -0.1) is 0 Å². The van der Waals surface area contributed by atoms with E-state index in [4.69, 9.17) is 13.6 Å². The maximum absolute atomic E-state index is 5.79. The van der Waals surface area contributed by atoms with Gasteiger partial charge in [-0.2, -0.15) is 0 Å². The average Bonchev–Trinajstić information content (AvgIpc) is 2.00. The van der Waals surface area contributed by atoms with Crippen LogP contribution < -0.4 is 11.2 Å². The van der Waals surface area contributed by atoms with E-state index in [1.165, 1.54) is 0 Å². The maximum atomic E-state index is 5.79. The summed E-state index contributed by atoms with van der Waals surface area (Å²) in [6.07, 6.45) is 1.71. The highest BCUT2D eigenvalue weighted by molar-refractivity contribution is 6.32. The van der Waals surface area contributed by atoms with Gasteiger partial charge in [-0.1, -0.05) is 17.6 Å². The molecule has 0 aliphatic carbocycles. The first-order valence-corrected chi connectivity index (χ1v) is 3.73. The van der Waals surface area contributed by atoms with Gasteiger partial charge in [0.25, 0.3) is 0 Å². The number of nitrogens with zero attached hydrogens (tertiary/aromatic N) is 1. The van der Waals surface area contributed by atoms with Crippen LogP contribution in [0, 0.1) is 6.92 Å². The van der Waals surface area contributed by atoms with E-state index in [0.717, 1.165) is 22.3 Å². The van der Waals surface area contributed by atoms with Crippen LogP contribution in [0.1, 0.15) is 11.1 Å². The molecule has 0 saturated carbocycles. The molecule has 0 aliphatic heterocycles. The summed E-state index contributed by atoms with van der Waals surface area (Å²) < 4.78 is 0. The molecule has 60 valence electrons. The van der Waals surface area contributed by atoms with Gasteiger partial charge < -0.3 is 5.73 Å². The lowest BCUT2D eigenvalue weighted by molar-refractivity contribution is 1.44. The van der Waals surface area contributed by atoms with Crippen molar-refractivity contribution in [2.75, 3.05) is 12.8 Å². The number of benzene rings is 1. The van der Waals surface area contributed by atoms with E-state index in [9.17, 15) is 0 Å². The lowest BCUT2D eigenvalue weighted by Gasteiger charge is -2.05. The highest BCUT2D eigenvalue weighted by Crippen LogP contribution is 2.12. The van der Waals surface area contributed by atoms with Crippen molar-refractivity contribution in [2.45, 2.75) is 6.92 Å². The second-order valence-electron chi connectivity index (χ2n) is 2.73. The molecule has 3 heteroatoms. The Balaban J connectivity index is 3.27. The Bertz CT molecular complexity index is 319. The third kappa shape index (κ3) is 1.67. The Morgan fingerprint density at radius 3 is 2.75 bits per heavy atom. The summed E-state index contributed by atoms with van der Waals surface area (Å²) in [5.41, 5.74) is 9.13. The predicted molar refractivity (Wildman–Crippen MR) is 54.5 cm³/mol. The van der Waals surface area contributed by atoms with Crippen LogP contribution in [0.2, 0.25) is 0 Å². The van der Waals surface area contributed by atoms with Crippen molar-refractivity contribution < 1.29 is 0 Å². The fourth-order valence-electron chi connectivity index (χ4n) is 1.10. The molecule has 0 bridgehead atoms. The summed E-state index contributed by atoms with van der Waals surface area (Å²) in [6.45, 7) is 1.93. The molecule has 2 N–H and O–H groups in total. The van der Waals surface area contributed by atoms with Crippen LogP contribution in [0.25, 0.3) is 0 Å². The zero-order valence-corrected chi connectivity index (χ0v) is 7.33. The zero-order chi connectivity index (χ0) is 9.14. The number of anilines is 1. The monoisotopic (exact) mass is 158 g/mol. The normalized spacial score (nSPS) is 10.8. The number of aryl methyl sites for hydroxylation is 1. The van der Waals surface area contributed by atoms with E-state index in [1.807, 2.05) is 19.1 Å². The molecular formula is C9H11BN2. The molecule has 12 heavy (non-hydrogen) atoms. The molecule has 1 aromatic carbocycles. The first kappa shape index (κ1) is 8.85. The van der Waals surface area contributed by atoms with Crippen molar-refractivity contribution in [3.8, 4) is 0 Å². The van der Waals surface area contributed by atoms with E-state index in [1.54, 1.807) is 13.3 Å². The van der Waals surface area contributed by atoms with Gasteiger partial charge in [-0.25, -0.2) is 0 Å². The number of hydrogen-bond acceptors (Lipinski definition) is 2. The number of aliphatic imine (C=N–C) groups is 1. The molecule has 0 saturated heterocycles. The van der Waals surface area contributed by atoms with E-state index in [-0.39, 0.29) is 0 Å². The Hall–Kier alpha value is -1.25. The number of nitrogen functional groups attached to an aromatic ring is 1. The molecule has 0 amide bonds. The SMILES string of the molecule is [B]c1cc(C)c(N)c(C=NC)c1. The smallest absolute Gasteiger partial charge is 0.113 e. The molecule has 1 aromatic rings. The van der Waals surface area contributed by atoms with Crippen LogP contribution in [0.3, 0.4) is 0 Å². The van der Waals surface area contributed by atoms with Gasteiger partial charge in [0.2, 0.25) is 0 Å². The molecule has 2 radical (unpaired) electrons. The molecule has 0 aromatic heterocycles. The van der Waals surface area contributed by atoms with Crippen LogP contribution in [0.4, 0.5) is 5.69 Å². The topological polar surface area (TPSA) is 38.4 Å². The number of rotatable bonds is 1. The molecule has 0 spiro atoms. The minimum Gasteiger partial charge on any atom is -0.398 e. The third-order valence-electron chi connectivity index (χ3n) is 1.71. The highest BCUT2D eigenvalue weighted by Gasteiger charge is 1.99. The second kappa shape index (κ2) is 3.43. The van der Waals surface area contributed by atoms with Crippen molar-refractivity contribution in [1.82, 2.24) is 0 Å². The minimum absolute atomic E-state index is 0.719. The molecule has 0 aliphatic rings. The van der Waals surface area contributed by atoms with Crippen LogP contribution in [0.15, 0.2) is 17.1 Å². The molecule has 2 nitrogen and oxygen atoms in total. The quantitative estimate of drug-likeness (QED) is 0.359. The second-order valence-corrected chi connectivity index (χ2v) is 2.73. The third-order valence-corrected chi connectivity index (χ3v) is 1.71. The largest absolute Gasteiger partial charge is 0.398 e. The van der Waals surface area contributed by atoms with Crippen LogP contribution in [-0.2, 0) is 0 Å². The van der Waals surface area contributed by atoms with Gasteiger partial charge in [-0.05, 0) is 12.5 Å². The number of nitrogens with two attached hydrogens (primary N) is 1.